The molecule has 2 N–H and O–H groups in total. The molecule has 0 bridgehead atoms. The van der Waals surface area contributed by atoms with Gasteiger partial charge in [0, 0.05) is 5.56 Å². The predicted octanol–water partition coefficient (Wildman–Crippen LogP) is 2.69. The highest BCUT2D eigenvalue weighted by Gasteiger charge is 2.27. The van der Waals surface area contributed by atoms with E-state index in [2.05, 4.69) is 5.32 Å². The molecule has 0 aliphatic rings. The number of rotatable bonds is 8. The lowest BCUT2D eigenvalue weighted by Gasteiger charge is -2.24. The summed E-state index contributed by atoms with van der Waals surface area (Å²) in [6.45, 7) is -0.536. The molecule has 3 aromatic rings. The number of aliphatic carboxylic acids is 1. The van der Waals surface area contributed by atoms with Crippen LogP contribution >= 0.6 is 0 Å². The van der Waals surface area contributed by atoms with E-state index in [1.165, 1.54) is 24.3 Å². The minimum absolute atomic E-state index is 0.0999. The van der Waals surface area contributed by atoms with Gasteiger partial charge in [0.15, 0.2) is 5.75 Å². The smallest absolute Gasteiger partial charge is 0.322 e. The first-order valence-corrected chi connectivity index (χ1v) is 10.3. The molecule has 154 valence electrons. The van der Waals surface area contributed by atoms with Gasteiger partial charge in [-0.3, -0.25) is 9.59 Å². The van der Waals surface area contributed by atoms with Crippen LogP contribution in [-0.4, -0.2) is 31.9 Å². The van der Waals surface area contributed by atoms with Crippen molar-refractivity contribution in [2.24, 2.45) is 0 Å². The van der Waals surface area contributed by atoms with E-state index in [0.717, 1.165) is 4.47 Å². The van der Waals surface area contributed by atoms with Gasteiger partial charge >= 0.3 is 5.97 Å². The molecule has 3 rings (SSSR count). The Hall–Kier alpha value is -3.85. The first-order valence-electron chi connectivity index (χ1n) is 8.81. The summed E-state index contributed by atoms with van der Waals surface area (Å²) < 4.78 is 27.3. The van der Waals surface area contributed by atoms with E-state index in [0.29, 0.717) is 11.4 Å². The monoisotopic (exact) mass is 426 g/mol. The third kappa shape index (κ3) is 4.95. The van der Waals surface area contributed by atoms with Crippen LogP contribution in [0.4, 0.5) is 5.69 Å². The Kier molecular flexibility index (Phi) is 6.33. The third-order valence-corrected chi connectivity index (χ3v) is 5.52. The number of nitrogens with zero attached hydrogens (tertiary/aromatic N) is 1. The number of anilines is 1. The molecular weight excluding hydrogens is 408 g/mol. The van der Waals surface area contributed by atoms with Gasteiger partial charge in [-0.2, -0.15) is 8.42 Å². The SMILES string of the molecule is O=C(O)CNC(=O)c1ccc(S(=O)(=O)N(Oc2ccccc2)c2ccccc2)cc1. The second-order valence-electron chi connectivity index (χ2n) is 6.07. The van der Waals surface area contributed by atoms with Crippen LogP contribution in [0.15, 0.2) is 89.8 Å². The van der Waals surface area contributed by atoms with Gasteiger partial charge in [0.25, 0.3) is 15.9 Å². The molecule has 0 aliphatic heterocycles. The molecule has 30 heavy (non-hydrogen) atoms. The van der Waals surface area contributed by atoms with Crippen molar-refractivity contribution in [1.82, 2.24) is 5.32 Å². The fourth-order valence-electron chi connectivity index (χ4n) is 2.50. The molecule has 3 aromatic carbocycles. The van der Waals surface area contributed by atoms with Gasteiger partial charge in [-0.05, 0) is 48.5 Å². The highest BCUT2D eigenvalue weighted by atomic mass is 32.2. The Morgan fingerprint density at radius 1 is 0.867 bits per heavy atom. The number of amides is 1. The van der Waals surface area contributed by atoms with Gasteiger partial charge < -0.3 is 15.3 Å². The van der Waals surface area contributed by atoms with Crippen LogP contribution in [0.1, 0.15) is 10.4 Å². The summed E-state index contributed by atoms with van der Waals surface area (Å²) in [6, 6.07) is 21.9. The standard InChI is InChI=1S/C21H18N2O6S/c24-20(25)15-22-21(26)16-11-13-19(14-12-16)30(27,28)23(17-7-3-1-4-8-17)29-18-9-5-2-6-10-18/h1-14H,15H2,(H,22,26)(H,24,25). The zero-order valence-corrected chi connectivity index (χ0v) is 16.5. The maximum atomic E-state index is 13.3. The highest BCUT2D eigenvalue weighted by Crippen LogP contribution is 2.26. The van der Waals surface area contributed by atoms with Crippen LogP contribution in [0.2, 0.25) is 0 Å². The Morgan fingerprint density at radius 3 is 2.00 bits per heavy atom. The second kappa shape index (κ2) is 9.10. The molecule has 0 saturated heterocycles. The molecule has 0 unspecified atom stereocenters. The van der Waals surface area contributed by atoms with Crippen molar-refractivity contribution in [3.05, 3.63) is 90.5 Å². The molecule has 0 aromatic heterocycles. The Morgan fingerprint density at radius 2 is 1.43 bits per heavy atom. The van der Waals surface area contributed by atoms with E-state index in [9.17, 15) is 18.0 Å². The zero-order chi connectivity index (χ0) is 21.6. The fourth-order valence-corrected chi connectivity index (χ4v) is 3.75. The summed E-state index contributed by atoms with van der Waals surface area (Å²) in [5.74, 6) is -1.48. The van der Waals surface area contributed by atoms with Crippen LogP contribution in [0.25, 0.3) is 0 Å². The number of hydrogen-bond donors (Lipinski definition) is 2. The van der Waals surface area contributed by atoms with Crippen molar-refractivity contribution in [3.63, 3.8) is 0 Å². The van der Waals surface area contributed by atoms with Crippen molar-refractivity contribution >= 4 is 27.6 Å². The number of nitrogens with one attached hydrogen (secondary N) is 1. The second-order valence-corrected chi connectivity index (χ2v) is 7.83. The van der Waals surface area contributed by atoms with Crippen LogP contribution in [-0.2, 0) is 14.8 Å². The van der Waals surface area contributed by atoms with Crippen molar-refractivity contribution in [2.45, 2.75) is 4.90 Å². The molecule has 1 amide bonds. The van der Waals surface area contributed by atoms with Gasteiger partial charge in [-0.1, -0.05) is 40.9 Å². The maximum Gasteiger partial charge on any atom is 0.322 e. The summed E-state index contributed by atoms with van der Waals surface area (Å²) in [7, 11) is -4.14. The Balaban J connectivity index is 1.91. The number of sulfonamides is 1. The number of carboxylic acid groups (broad SMARTS) is 1. The van der Waals surface area contributed by atoms with Crippen molar-refractivity contribution in [1.29, 1.82) is 0 Å². The number of carbonyl (C=O) groups is 2. The number of hydrogen-bond acceptors (Lipinski definition) is 5. The van der Waals surface area contributed by atoms with Gasteiger partial charge in [0.2, 0.25) is 0 Å². The Bertz CT molecular complexity index is 1120. The summed E-state index contributed by atoms with van der Waals surface area (Å²) in [5, 5.41) is 10.9. The van der Waals surface area contributed by atoms with Crippen molar-refractivity contribution in [2.75, 3.05) is 11.0 Å². The van der Waals surface area contributed by atoms with E-state index in [1.54, 1.807) is 60.7 Å². The molecule has 0 atom stereocenters. The van der Waals surface area contributed by atoms with Crippen LogP contribution in [0, 0.1) is 0 Å². The van der Waals surface area contributed by atoms with Crippen LogP contribution in [0.5, 0.6) is 5.75 Å². The molecule has 0 heterocycles. The Labute approximate surface area is 173 Å². The number of carbonyl (C=O) groups excluding carboxylic acids is 1. The van der Waals surface area contributed by atoms with Gasteiger partial charge in [-0.25, -0.2) is 0 Å². The minimum atomic E-state index is -4.14. The normalized spacial score (nSPS) is 10.8. The average Bonchev–Trinajstić information content (AvgIpc) is 2.77. The first-order chi connectivity index (χ1) is 14.4. The summed E-state index contributed by atoms with van der Waals surface area (Å²) in [6.07, 6.45) is 0. The molecule has 8 nitrogen and oxygen atoms in total. The van der Waals surface area contributed by atoms with Crippen molar-refractivity contribution < 1.29 is 28.0 Å². The van der Waals surface area contributed by atoms with Gasteiger partial charge in [0.05, 0.1) is 10.6 Å². The van der Waals surface area contributed by atoms with E-state index in [1.807, 2.05) is 0 Å². The predicted molar refractivity (Wildman–Crippen MR) is 110 cm³/mol. The summed E-state index contributed by atoms with van der Waals surface area (Å²) >= 11 is 0. The molecule has 0 radical (unpaired) electrons. The lowest BCUT2D eigenvalue weighted by Crippen LogP contribution is -2.34. The topological polar surface area (TPSA) is 113 Å². The van der Waals surface area contributed by atoms with E-state index < -0.39 is 28.4 Å². The maximum absolute atomic E-state index is 13.3. The van der Waals surface area contributed by atoms with Crippen LogP contribution in [0.3, 0.4) is 0 Å². The lowest BCUT2D eigenvalue weighted by molar-refractivity contribution is -0.135. The molecule has 0 saturated carbocycles. The van der Waals surface area contributed by atoms with E-state index >= 15 is 0 Å². The van der Waals surface area contributed by atoms with Gasteiger partial charge in [-0.15, -0.1) is 0 Å². The fraction of sp³-hybridized carbons (Fsp3) is 0.0476. The number of carboxylic acids is 1. The molecular formula is C21H18N2O6S. The van der Waals surface area contributed by atoms with E-state index in [-0.39, 0.29) is 10.5 Å². The van der Waals surface area contributed by atoms with Gasteiger partial charge in [0.1, 0.15) is 6.54 Å². The quantitative estimate of drug-likeness (QED) is 0.536. The highest BCUT2D eigenvalue weighted by molar-refractivity contribution is 7.92. The van der Waals surface area contributed by atoms with E-state index in [4.69, 9.17) is 9.94 Å². The first kappa shape index (κ1) is 20.9. The third-order valence-electron chi connectivity index (χ3n) is 3.93. The van der Waals surface area contributed by atoms with Crippen LogP contribution < -0.4 is 14.6 Å². The molecule has 0 aliphatic carbocycles. The lowest BCUT2D eigenvalue weighted by atomic mass is 10.2. The molecule has 0 fully saturated rings. The summed E-state index contributed by atoms with van der Waals surface area (Å²) in [5.41, 5.74) is 0.426. The zero-order valence-electron chi connectivity index (χ0n) is 15.6. The minimum Gasteiger partial charge on any atom is -0.480 e. The number of benzene rings is 3. The molecule has 0 spiro atoms. The average molecular weight is 426 g/mol. The summed E-state index contributed by atoms with van der Waals surface area (Å²) in [4.78, 5) is 28.1. The molecule has 9 heteroatoms. The number of para-hydroxylation sites is 2. The van der Waals surface area contributed by atoms with Crippen molar-refractivity contribution in [3.8, 4) is 5.75 Å². The largest absolute Gasteiger partial charge is 0.480 e.